The number of nitrogens with two attached hydrogens (primary N) is 1. The Balaban J connectivity index is 1.87. The largest absolute Gasteiger partial charge is 0.365 e. The molecule has 0 fully saturated rings. The number of thiophene rings is 1. The van der Waals surface area contributed by atoms with Gasteiger partial charge in [0.1, 0.15) is 5.00 Å². The van der Waals surface area contributed by atoms with Gasteiger partial charge in [0.05, 0.1) is 10.5 Å². The predicted octanol–water partition coefficient (Wildman–Crippen LogP) is 2.47. The second-order valence-corrected chi connectivity index (χ2v) is 10.4. The normalized spacial score (nSPS) is 16.6. The molecular formula is C19H23N3O4S2. The van der Waals surface area contributed by atoms with E-state index < -0.39 is 21.8 Å². The lowest BCUT2D eigenvalue weighted by Crippen LogP contribution is -2.22. The summed E-state index contributed by atoms with van der Waals surface area (Å²) in [5.74, 6) is -0.493. The highest BCUT2D eigenvalue weighted by Gasteiger charge is 2.27. The minimum atomic E-state index is -3.56. The second kappa shape index (κ2) is 7.65. The van der Waals surface area contributed by atoms with Crippen molar-refractivity contribution in [2.24, 2.45) is 11.7 Å². The van der Waals surface area contributed by atoms with Gasteiger partial charge >= 0.3 is 0 Å². The average Bonchev–Trinajstić information content (AvgIpc) is 2.98. The van der Waals surface area contributed by atoms with E-state index in [4.69, 9.17) is 5.73 Å². The first-order valence-corrected chi connectivity index (χ1v) is 11.1. The van der Waals surface area contributed by atoms with E-state index in [0.29, 0.717) is 22.0 Å². The number of nitrogens with zero attached hydrogens (tertiary/aromatic N) is 1. The van der Waals surface area contributed by atoms with Crippen molar-refractivity contribution in [2.75, 3.05) is 19.4 Å². The maximum absolute atomic E-state index is 12.6. The number of nitrogens with one attached hydrogen (secondary N) is 1. The maximum atomic E-state index is 12.6. The molecule has 1 unspecified atom stereocenters. The summed E-state index contributed by atoms with van der Waals surface area (Å²) in [6, 6.07) is 5.68. The van der Waals surface area contributed by atoms with Crippen LogP contribution in [0.3, 0.4) is 0 Å². The van der Waals surface area contributed by atoms with Crippen LogP contribution < -0.4 is 11.1 Å². The molecule has 9 heteroatoms. The van der Waals surface area contributed by atoms with E-state index in [9.17, 15) is 18.0 Å². The fourth-order valence-corrected chi connectivity index (χ4v) is 5.42. The molecule has 3 N–H and O–H groups in total. The molecule has 1 aromatic carbocycles. The summed E-state index contributed by atoms with van der Waals surface area (Å²) in [7, 11) is -0.671. The quantitative estimate of drug-likeness (QED) is 0.773. The highest BCUT2D eigenvalue weighted by molar-refractivity contribution is 7.89. The van der Waals surface area contributed by atoms with E-state index in [2.05, 4.69) is 12.2 Å². The van der Waals surface area contributed by atoms with Gasteiger partial charge in [-0.2, -0.15) is 0 Å². The van der Waals surface area contributed by atoms with Crippen LogP contribution in [0.2, 0.25) is 0 Å². The molecule has 1 aliphatic carbocycles. The standard InChI is InChI=1S/C19H23N3O4S2/c1-11-4-9-15-14(10-11)16(17(20)23)19(27-15)21-18(24)12-5-7-13(8-6-12)28(25,26)22(2)3/h5-8,11H,4,9-10H2,1-3H3,(H2,20,23)(H,21,24). The molecule has 0 saturated heterocycles. The Bertz CT molecular complexity index is 1020. The lowest BCUT2D eigenvalue weighted by atomic mass is 9.87. The number of primary amides is 1. The molecular weight excluding hydrogens is 398 g/mol. The van der Waals surface area contributed by atoms with Crippen LogP contribution in [0.25, 0.3) is 0 Å². The van der Waals surface area contributed by atoms with Crippen LogP contribution in [-0.2, 0) is 22.9 Å². The molecule has 7 nitrogen and oxygen atoms in total. The Hall–Kier alpha value is -2.23. The molecule has 28 heavy (non-hydrogen) atoms. The average molecular weight is 422 g/mol. The summed E-state index contributed by atoms with van der Waals surface area (Å²) in [5.41, 5.74) is 7.22. The Morgan fingerprint density at radius 2 is 1.86 bits per heavy atom. The van der Waals surface area contributed by atoms with Gasteiger partial charge in [-0.3, -0.25) is 9.59 Å². The van der Waals surface area contributed by atoms with Crippen LogP contribution >= 0.6 is 11.3 Å². The van der Waals surface area contributed by atoms with Gasteiger partial charge in [0.2, 0.25) is 10.0 Å². The lowest BCUT2D eigenvalue weighted by molar-refractivity contribution is 0.1000. The van der Waals surface area contributed by atoms with Gasteiger partial charge in [0.25, 0.3) is 11.8 Å². The third-order valence-corrected chi connectivity index (χ3v) is 7.91. The molecule has 3 rings (SSSR count). The number of benzene rings is 1. The van der Waals surface area contributed by atoms with Crippen molar-refractivity contribution >= 4 is 38.2 Å². The topological polar surface area (TPSA) is 110 Å². The molecule has 1 aliphatic rings. The number of sulfonamides is 1. The zero-order valence-electron chi connectivity index (χ0n) is 16.0. The number of hydrogen-bond donors (Lipinski definition) is 2. The number of rotatable bonds is 5. The van der Waals surface area contributed by atoms with Gasteiger partial charge in [-0.05, 0) is 55.0 Å². The number of hydrogen-bond acceptors (Lipinski definition) is 5. The van der Waals surface area contributed by atoms with E-state index >= 15 is 0 Å². The SMILES string of the molecule is CC1CCc2sc(NC(=O)c3ccc(S(=O)(=O)N(C)C)cc3)c(C(N)=O)c2C1. The predicted molar refractivity (Wildman–Crippen MR) is 109 cm³/mol. The molecule has 1 atom stereocenters. The summed E-state index contributed by atoms with van der Waals surface area (Å²) >= 11 is 1.39. The van der Waals surface area contributed by atoms with E-state index in [1.165, 1.54) is 49.7 Å². The van der Waals surface area contributed by atoms with E-state index in [1.54, 1.807) is 0 Å². The van der Waals surface area contributed by atoms with Crippen LogP contribution in [0.1, 0.15) is 44.5 Å². The number of anilines is 1. The summed E-state index contributed by atoms with van der Waals surface area (Å²) in [6.07, 6.45) is 2.69. The van der Waals surface area contributed by atoms with E-state index in [1.807, 2.05) is 0 Å². The van der Waals surface area contributed by atoms with Crippen molar-refractivity contribution in [1.82, 2.24) is 4.31 Å². The van der Waals surface area contributed by atoms with Gasteiger partial charge in [0, 0.05) is 24.5 Å². The summed E-state index contributed by atoms with van der Waals surface area (Å²) in [4.78, 5) is 25.8. The number of carbonyl (C=O) groups is 2. The highest BCUT2D eigenvalue weighted by Crippen LogP contribution is 2.39. The Labute approximate surface area is 168 Å². The van der Waals surface area contributed by atoms with Gasteiger partial charge in [-0.1, -0.05) is 6.92 Å². The zero-order valence-corrected chi connectivity index (χ0v) is 17.6. The highest BCUT2D eigenvalue weighted by atomic mass is 32.2. The number of fused-ring (bicyclic) bond motifs is 1. The fraction of sp³-hybridized carbons (Fsp3) is 0.368. The molecule has 0 spiro atoms. The first-order valence-electron chi connectivity index (χ1n) is 8.89. The number of aryl methyl sites for hydroxylation is 1. The monoisotopic (exact) mass is 421 g/mol. The first kappa shape index (κ1) is 20.5. The van der Waals surface area contributed by atoms with Gasteiger partial charge < -0.3 is 11.1 Å². The van der Waals surface area contributed by atoms with Crippen molar-refractivity contribution in [1.29, 1.82) is 0 Å². The fourth-order valence-electron chi connectivity index (χ4n) is 3.27. The lowest BCUT2D eigenvalue weighted by Gasteiger charge is -2.18. The van der Waals surface area contributed by atoms with Crippen molar-refractivity contribution in [2.45, 2.75) is 31.1 Å². The Kier molecular flexibility index (Phi) is 5.60. The Morgan fingerprint density at radius 1 is 1.21 bits per heavy atom. The molecule has 1 aromatic heterocycles. The molecule has 150 valence electrons. The van der Waals surface area contributed by atoms with Gasteiger partial charge in [-0.15, -0.1) is 11.3 Å². The smallest absolute Gasteiger partial charge is 0.256 e. The van der Waals surface area contributed by atoms with Gasteiger partial charge in [0.15, 0.2) is 0 Å². The van der Waals surface area contributed by atoms with Crippen LogP contribution in [0.15, 0.2) is 29.2 Å². The van der Waals surface area contributed by atoms with Crippen LogP contribution in [0.5, 0.6) is 0 Å². The van der Waals surface area contributed by atoms with E-state index in [-0.39, 0.29) is 4.90 Å². The van der Waals surface area contributed by atoms with Crippen molar-refractivity contribution in [3.63, 3.8) is 0 Å². The molecule has 2 aromatic rings. The van der Waals surface area contributed by atoms with Gasteiger partial charge in [-0.25, -0.2) is 12.7 Å². The maximum Gasteiger partial charge on any atom is 0.256 e. The summed E-state index contributed by atoms with van der Waals surface area (Å²) in [5, 5.41) is 3.24. The zero-order chi connectivity index (χ0) is 20.6. The molecule has 0 aliphatic heterocycles. The summed E-state index contributed by atoms with van der Waals surface area (Å²) in [6.45, 7) is 2.13. The van der Waals surface area contributed by atoms with Crippen LogP contribution in [0.4, 0.5) is 5.00 Å². The Morgan fingerprint density at radius 3 is 2.43 bits per heavy atom. The third kappa shape index (κ3) is 3.82. The van der Waals surface area contributed by atoms with Crippen LogP contribution in [0, 0.1) is 5.92 Å². The number of carbonyl (C=O) groups excluding carboxylic acids is 2. The minimum Gasteiger partial charge on any atom is -0.365 e. The number of amides is 2. The van der Waals surface area contributed by atoms with Crippen LogP contribution in [-0.4, -0.2) is 38.6 Å². The first-order chi connectivity index (χ1) is 13.1. The van der Waals surface area contributed by atoms with E-state index in [0.717, 1.165) is 34.0 Å². The van der Waals surface area contributed by atoms with Crippen molar-refractivity contribution < 1.29 is 18.0 Å². The second-order valence-electron chi connectivity index (χ2n) is 7.19. The van der Waals surface area contributed by atoms with Crippen molar-refractivity contribution in [3.05, 3.63) is 45.8 Å². The molecule has 2 amide bonds. The van der Waals surface area contributed by atoms with Crippen molar-refractivity contribution in [3.8, 4) is 0 Å². The minimum absolute atomic E-state index is 0.104. The molecule has 1 heterocycles. The molecule has 0 radical (unpaired) electrons. The summed E-state index contributed by atoms with van der Waals surface area (Å²) < 4.78 is 25.4. The third-order valence-electron chi connectivity index (χ3n) is 4.88. The molecule has 0 saturated carbocycles. The molecule has 0 bridgehead atoms.